The molecule has 0 saturated heterocycles. The van der Waals surface area contributed by atoms with Gasteiger partial charge in [-0.25, -0.2) is 24.0 Å². The molecule has 4 rings (SSSR count). The maximum Gasteiger partial charge on any atom is 0.343 e. The number of unbranched alkanes of at least 4 members (excludes halogenated alkanes) is 11. The molecule has 0 amide bonds. The third kappa shape index (κ3) is 20.1. The Kier molecular flexibility index (Phi) is 24.5. The van der Waals surface area contributed by atoms with Crippen LogP contribution in [0, 0.1) is 20.2 Å². The van der Waals surface area contributed by atoms with Crippen LogP contribution in [0.5, 0.6) is 23.0 Å². The summed E-state index contributed by atoms with van der Waals surface area (Å²) in [7, 11) is 4.13. The van der Waals surface area contributed by atoms with Crippen molar-refractivity contribution in [2.45, 2.75) is 83.5 Å². The average molecular weight is 997 g/mol. The maximum absolute atomic E-state index is 13.5. The minimum absolute atomic E-state index is 0.0825. The first-order chi connectivity index (χ1) is 34.8. The fraction of sp³-hybridized carbons (Fsp3) is 0.377. The van der Waals surface area contributed by atoms with Gasteiger partial charge in [-0.05, 0) is 104 Å². The molecular weight excluding hydrogens is 937 g/mol. The highest BCUT2D eigenvalue weighted by atomic mass is 16.6. The van der Waals surface area contributed by atoms with Gasteiger partial charge in [-0.2, -0.15) is 0 Å². The van der Waals surface area contributed by atoms with Gasteiger partial charge in [0.25, 0.3) is 11.4 Å². The summed E-state index contributed by atoms with van der Waals surface area (Å²) in [5, 5.41) is 22.2. The van der Waals surface area contributed by atoms with Crippen molar-refractivity contribution in [3.63, 3.8) is 0 Å². The quantitative estimate of drug-likeness (QED) is 0.00839. The van der Waals surface area contributed by atoms with Crippen LogP contribution >= 0.6 is 0 Å². The van der Waals surface area contributed by atoms with Crippen molar-refractivity contribution in [3.05, 3.63) is 139 Å². The van der Waals surface area contributed by atoms with E-state index in [9.17, 15) is 44.2 Å². The summed E-state index contributed by atoms with van der Waals surface area (Å²) in [6.45, 7) is 1.03. The molecule has 0 radical (unpaired) electrons. The second kappa shape index (κ2) is 31.2. The number of hydrogen-bond acceptors (Lipinski definition) is 17. The van der Waals surface area contributed by atoms with Crippen molar-refractivity contribution in [3.8, 4) is 23.0 Å². The fourth-order valence-electron chi connectivity index (χ4n) is 6.90. The van der Waals surface area contributed by atoms with Crippen molar-refractivity contribution in [2.24, 2.45) is 0 Å². The zero-order chi connectivity index (χ0) is 52.1. The van der Waals surface area contributed by atoms with Gasteiger partial charge in [0.1, 0.15) is 17.1 Å². The Morgan fingerprint density at radius 3 is 1.47 bits per heavy atom. The number of methoxy groups -OCH3 is 3. The second-order valence-corrected chi connectivity index (χ2v) is 16.1. The van der Waals surface area contributed by atoms with Crippen LogP contribution in [-0.4, -0.2) is 87.5 Å². The van der Waals surface area contributed by atoms with Gasteiger partial charge in [0, 0.05) is 24.3 Å². The Bertz CT molecular complexity index is 2490. The lowest BCUT2D eigenvalue weighted by molar-refractivity contribution is -0.394. The van der Waals surface area contributed by atoms with Crippen LogP contribution in [0.25, 0.3) is 12.2 Å². The molecule has 72 heavy (non-hydrogen) atoms. The normalized spacial score (nSPS) is 10.9. The SMILES string of the molecule is COC(=O)/C=C/c1ccc(C(=O)Oc2ccc(OCCCCCCOc3ccc(/C=C/C(=O)OC)cc3OC)c(C(=O)OCCCCCCCCCCCOC(=O)c3cc([N+](=O)[O-])cc([N+](=O)[O-])c3)c2)cc1. The molecular formula is C53H60N2O17. The molecule has 19 heteroatoms. The molecule has 384 valence electrons. The lowest BCUT2D eigenvalue weighted by Gasteiger charge is -2.14. The molecule has 0 aliphatic carbocycles. The van der Waals surface area contributed by atoms with E-state index < -0.39 is 51.1 Å². The largest absolute Gasteiger partial charge is 0.493 e. The van der Waals surface area contributed by atoms with Crippen LogP contribution in [0.1, 0.15) is 126 Å². The highest BCUT2D eigenvalue weighted by Crippen LogP contribution is 2.30. The Hall–Kier alpha value is -8.09. The first-order valence-corrected chi connectivity index (χ1v) is 23.5. The van der Waals surface area contributed by atoms with Crippen LogP contribution < -0.4 is 18.9 Å². The highest BCUT2D eigenvalue weighted by molar-refractivity contribution is 5.95. The molecule has 0 saturated carbocycles. The van der Waals surface area contributed by atoms with Crippen LogP contribution in [-0.2, 0) is 28.5 Å². The molecule has 19 nitrogen and oxygen atoms in total. The standard InChI is InChI=1S/C53H60N2O17/c1-65-48-33-39(21-28-50(57)67-3)19-25-47(48)69-30-14-12-11-13-29-68-46-26-24-44(72-52(59)40-22-17-38(18-23-40)20-27-49(56)66-2)37-45(46)53(60)71-32-16-10-8-6-4-5-7-9-15-31-70-51(58)41-34-42(54(61)62)36-43(35-41)55(63)64/h17-28,33-37H,4-16,29-32H2,1-3H3/b27-20+,28-21+. The molecule has 0 fully saturated rings. The van der Waals surface area contributed by atoms with Crippen molar-refractivity contribution in [2.75, 3.05) is 47.8 Å². The van der Waals surface area contributed by atoms with Crippen molar-refractivity contribution < 1.29 is 71.7 Å². The predicted octanol–water partition coefficient (Wildman–Crippen LogP) is 10.6. The smallest absolute Gasteiger partial charge is 0.343 e. The van der Waals surface area contributed by atoms with E-state index >= 15 is 0 Å². The number of ether oxygens (including phenoxy) is 8. The monoisotopic (exact) mass is 996 g/mol. The summed E-state index contributed by atoms with van der Waals surface area (Å²) in [6, 6.07) is 19.0. The summed E-state index contributed by atoms with van der Waals surface area (Å²) >= 11 is 0. The molecule has 0 spiro atoms. The van der Waals surface area contributed by atoms with E-state index in [1.54, 1.807) is 67.8 Å². The van der Waals surface area contributed by atoms with Gasteiger partial charge in [-0.3, -0.25) is 20.2 Å². The lowest BCUT2D eigenvalue weighted by atomic mass is 10.1. The van der Waals surface area contributed by atoms with Gasteiger partial charge in [0.15, 0.2) is 11.5 Å². The van der Waals surface area contributed by atoms with Crippen LogP contribution in [0.4, 0.5) is 11.4 Å². The molecule has 0 aliphatic heterocycles. The number of esters is 5. The van der Waals surface area contributed by atoms with E-state index in [4.69, 9.17) is 28.4 Å². The van der Waals surface area contributed by atoms with Gasteiger partial charge in [0.05, 0.1) is 74.8 Å². The van der Waals surface area contributed by atoms with E-state index in [0.717, 1.165) is 88.0 Å². The van der Waals surface area contributed by atoms with Crippen molar-refractivity contribution in [1.29, 1.82) is 0 Å². The van der Waals surface area contributed by atoms with E-state index in [1.807, 2.05) is 6.07 Å². The summed E-state index contributed by atoms with van der Waals surface area (Å²) in [5.41, 5.74) is 0.405. The van der Waals surface area contributed by atoms with E-state index in [2.05, 4.69) is 9.47 Å². The van der Waals surface area contributed by atoms with Crippen LogP contribution in [0.2, 0.25) is 0 Å². The van der Waals surface area contributed by atoms with E-state index in [-0.39, 0.29) is 41.4 Å². The van der Waals surface area contributed by atoms with E-state index in [1.165, 1.54) is 32.4 Å². The Morgan fingerprint density at radius 2 is 0.944 bits per heavy atom. The Balaban J connectivity index is 1.19. The third-order valence-electron chi connectivity index (χ3n) is 10.8. The Labute approximate surface area is 417 Å². The maximum atomic E-state index is 13.5. The number of benzene rings is 4. The molecule has 0 N–H and O–H groups in total. The minimum Gasteiger partial charge on any atom is -0.493 e. The summed E-state index contributed by atoms with van der Waals surface area (Å²) in [4.78, 5) is 82.4. The van der Waals surface area contributed by atoms with Gasteiger partial charge in [0.2, 0.25) is 0 Å². The number of hydrogen-bond donors (Lipinski definition) is 0. The molecule has 0 bridgehead atoms. The molecule has 4 aromatic rings. The second-order valence-electron chi connectivity index (χ2n) is 16.1. The van der Waals surface area contributed by atoms with Crippen molar-refractivity contribution in [1.82, 2.24) is 0 Å². The average Bonchev–Trinajstić information content (AvgIpc) is 3.39. The van der Waals surface area contributed by atoms with Crippen molar-refractivity contribution >= 4 is 53.4 Å². The van der Waals surface area contributed by atoms with Gasteiger partial charge >= 0.3 is 29.8 Å². The Morgan fingerprint density at radius 1 is 0.472 bits per heavy atom. The van der Waals surface area contributed by atoms with Gasteiger partial charge in [-0.15, -0.1) is 0 Å². The van der Waals surface area contributed by atoms with Crippen LogP contribution in [0.15, 0.2) is 91.0 Å². The number of nitro groups is 2. The number of carbonyl (C=O) groups is 5. The van der Waals surface area contributed by atoms with Gasteiger partial charge < -0.3 is 37.9 Å². The zero-order valence-electron chi connectivity index (χ0n) is 40.7. The highest BCUT2D eigenvalue weighted by Gasteiger charge is 2.21. The molecule has 0 aliphatic rings. The first kappa shape index (κ1) is 56.5. The number of nitro benzene ring substituents is 2. The number of carbonyl (C=O) groups excluding carboxylic acids is 5. The first-order valence-electron chi connectivity index (χ1n) is 23.5. The van der Waals surface area contributed by atoms with Gasteiger partial charge in [-0.1, -0.05) is 63.1 Å². The molecule has 4 aromatic carbocycles. The third-order valence-corrected chi connectivity index (χ3v) is 10.8. The summed E-state index contributed by atoms with van der Waals surface area (Å²) in [6.07, 6.45) is 16.5. The topological polar surface area (TPSA) is 245 Å². The minimum atomic E-state index is -0.860. The number of rotatable bonds is 32. The molecule has 0 aromatic heterocycles. The van der Waals surface area contributed by atoms with Crippen LogP contribution in [0.3, 0.4) is 0 Å². The zero-order valence-corrected chi connectivity index (χ0v) is 40.7. The summed E-state index contributed by atoms with van der Waals surface area (Å²) in [5.74, 6) is -1.59. The number of nitrogens with zero attached hydrogens (tertiary/aromatic N) is 2. The molecule has 0 atom stereocenters. The number of non-ortho nitro benzene ring substituents is 2. The van der Waals surface area contributed by atoms with E-state index in [0.29, 0.717) is 49.5 Å². The summed E-state index contributed by atoms with van der Waals surface area (Å²) < 4.78 is 43.2. The molecule has 0 unspecified atom stereocenters. The predicted molar refractivity (Wildman–Crippen MR) is 264 cm³/mol. The fourth-order valence-corrected chi connectivity index (χ4v) is 6.90. The molecule has 0 heterocycles. The lowest BCUT2D eigenvalue weighted by Crippen LogP contribution is -2.12.